The Hall–Kier alpha value is -3.15. The van der Waals surface area contributed by atoms with Crippen LogP contribution in [-0.2, 0) is 6.54 Å². The molecule has 0 bridgehead atoms. The van der Waals surface area contributed by atoms with Crippen LogP contribution < -0.4 is 10.6 Å². The van der Waals surface area contributed by atoms with Crippen LogP contribution in [0.2, 0.25) is 0 Å². The van der Waals surface area contributed by atoms with Crippen molar-refractivity contribution in [2.45, 2.75) is 45.2 Å². The summed E-state index contributed by atoms with van der Waals surface area (Å²) in [5, 5.41) is 10.3. The number of carbonyl (C=O) groups excluding carboxylic acids is 1. The van der Waals surface area contributed by atoms with Gasteiger partial charge in [0.05, 0.1) is 12.1 Å². The Bertz CT molecular complexity index is 959. The van der Waals surface area contributed by atoms with Gasteiger partial charge in [0.25, 0.3) is 5.91 Å². The van der Waals surface area contributed by atoms with Gasteiger partial charge in [0.15, 0.2) is 0 Å². The van der Waals surface area contributed by atoms with Gasteiger partial charge in [-0.1, -0.05) is 55.4 Å². The number of nitrogens with one attached hydrogen (secondary N) is 2. The van der Waals surface area contributed by atoms with Gasteiger partial charge in [0.2, 0.25) is 11.7 Å². The fraction of sp³-hybridized carbons (Fsp3) is 0.318. The first-order valence-corrected chi connectivity index (χ1v) is 9.67. The van der Waals surface area contributed by atoms with Crippen molar-refractivity contribution in [1.82, 2.24) is 15.5 Å². The molecule has 6 heteroatoms. The SMILES string of the molecule is CC(C)c1ccc(-c2noc(CNc3ccccc3C(=O)NC3CC3)n2)cc1. The van der Waals surface area contributed by atoms with Crippen LogP contribution in [0, 0.1) is 0 Å². The zero-order chi connectivity index (χ0) is 19.5. The highest BCUT2D eigenvalue weighted by atomic mass is 16.5. The normalized spacial score (nSPS) is 13.5. The lowest BCUT2D eigenvalue weighted by Crippen LogP contribution is -2.26. The maximum Gasteiger partial charge on any atom is 0.253 e. The van der Waals surface area contributed by atoms with Crippen molar-refractivity contribution in [2.75, 3.05) is 5.32 Å². The Morgan fingerprint density at radius 1 is 1.14 bits per heavy atom. The van der Waals surface area contributed by atoms with Gasteiger partial charge in [-0.3, -0.25) is 4.79 Å². The number of hydrogen-bond acceptors (Lipinski definition) is 5. The summed E-state index contributed by atoms with van der Waals surface area (Å²) in [5.74, 6) is 1.46. The van der Waals surface area contributed by atoms with Crippen molar-refractivity contribution < 1.29 is 9.32 Å². The molecule has 0 radical (unpaired) electrons. The number of benzene rings is 2. The third-order valence-electron chi connectivity index (χ3n) is 4.82. The largest absolute Gasteiger partial charge is 0.375 e. The second-order valence-corrected chi connectivity index (χ2v) is 7.44. The monoisotopic (exact) mass is 376 g/mol. The van der Waals surface area contributed by atoms with Gasteiger partial charge in [-0.25, -0.2) is 0 Å². The van der Waals surface area contributed by atoms with E-state index < -0.39 is 0 Å². The zero-order valence-electron chi connectivity index (χ0n) is 16.1. The van der Waals surface area contributed by atoms with E-state index in [0.717, 1.165) is 24.1 Å². The molecule has 0 aliphatic heterocycles. The molecule has 1 aromatic heterocycles. The number of amides is 1. The lowest BCUT2D eigenvalue weighted by atomic mass is 10.0. The maximum atomic E-state index is 12.4. The summed E-state index contributed by atoms with van der Waals surface area (Å²) in [6.45, 7) is 4.68. The molecular weight excluding hydrogens is 352 g/mol. The molecule has 4 rings (SSSR count). The molecular formula is C22H24N4O2. The lowest BCUT2D eigenvalue weighted by molar-refractivity contribution is 0.0952. The molecule has 6 nitrogen and oxygen atoms in total. The topological polar surface area (TPSA) is 80.0 Å². The van der Waals surface area contributed by atoms with Crippen molar-refractivity contribution in [3.8, 4) is 11.4 Å². The van der Waals surface area contributed by atoms with E-state index >= 15 is 0 Å². The average molecular weight is 376 g/mol. The van der Waals surface area contributed by atoms with Crippen LogP contribution in [-0.4, -0.2) is 22.1 Å². The summed E-state index contributed by atoms with van der Waals surface area (Å²) in [5.41, 5.74) is 3.57. The molecule has 1 aliphatic carbocycles. The number of hydrogen-bond donors (Lipinski definition) is 2. The van der Waals surface area contributed by atoms with E-state index in [-0.39, 0.29) is 5.91 Å². The first-order valence-electron chi connectivity index (χ1n) is 9.67. The standard InChI is InChI=1S/C22H24N4O2/c1-14(2)15-7-9-16(10-8-15)21-25-20(28-26-21)13-23-19-6-4-3-5-18(19)22(27)24-17-11-12-17/h3-10,14,17,23H,11-13H2,1-2H3,(H,24,27). The third-order valence-corrected chi connectivity index (χ3v) is 4.82. The molecule has 2 N–H and O–H groups in total. The van der Waals surface area contributed by atoms with Crippen LogP contribution in [0.1, 0.15) is 54.4 Å². The summed E-state index contributed by atoms with van der Waals surface area (Å²) in [6, 6.07) is 16.0. The molecule has 1 saturated carbocycles. The van der Waals surface area contributed by atoms with Crippen molar-refractivity contribution in [1.29, 1.82) is 0 Å². The van der Waals surface area contributed by atoms with Gasteiger partial charge in [-0.15, -0.1) is 0 Å². The smallest absolute Gasteiger partial charge is 0.253 e. The summed E-state index contributed by atoms with van der Waals surface area (Å²) >= 11 is 0. The molecule has 0 atom stereocenters. The van der Waals surface area contributed by atoms with Gasteiger partial charge in [-0.2, -0.15) is 4.98 Å². The van der Waals surface area contributed by atoms with Crippen LogP contribution in [0.15, 0.2) is 53.1 Å². The minimum absolute atomic E-state index is 0.0536. The summed E-state index contributed by atoms with van der Waals surface area (Å²) in [7, 11) is 0. The number of carbonyl (C=O) groups is 1. The van der Waals surface area contributed by atoms with Crippen molar-refractivity contribution in [3.05, 3.63) is 65.5 Å². The molecule has 1 aliphatic rings. The van der Waals surface area contributed by atoms with E-state index in [4.69, 9.17) is 4.52 Å². The number of anilines is 1. The zero-order valence-corrected chi connectivity index (χ0v) is 16.1. The van der Waals surface area contributed by atoms with E-state index in [1.54, 1.807) is 0 Å². The molecule has 0 saturated heterocycles. The lowest BCUT2D eigenvalue weighted by Gasteiger charge is -2.10. The fourth-order valence-corrected chi connectivity index (χ4v) is 2.96. The third kappa shape index (κ3) is 4.22. The van der Waals surface area contributed by atoms with Gasteiger partial charge in [-0.05, 0) is 36.5 Å². The first kappa shape index (κ1) is 18.2. The Balaban J connectivity index is 1.43. The Morgan fingerprint density at radius 3 is 2.61 bits per heavy atom. The van der Waals surface area contributed by atoms with E-state index in [1.807, 2.05) is 36.4 Å². The second-order valence-electron chi connectivity index (χ2n) is 7.44. The van der Waals surface area contributed by atoms with Gasteiger partial charge in [0.1, 0.15) is 0 Å². The molecule has 1 heterocycles. The first-order chi connectivity index (χ1) is 13.6. The summed E-state index contributed by atoms with van der Waals surface area (Å²) in [4.78, 5) is 16.9. The number of rotatable bonds is 7. The van der Waals surface area contributed by atoms with E-state index in [9.17, 15) is 4.79 Å². The number of aromatic nitrogens is 2. The molecule has 1 fully saturated rings. The highest BCUT2D eigenvalue weighted by Gasteiger charge is 2.24. The maximum absolute atomic E-state index is 12.4. The Kier molecular flexibility index (Phi) is 5.10. The van der Waals surface area contributed by atoms with Gasteiger partial charge < -0.3 is 15.2 Å². The molecule has 2 aromatic carbocycles. The van der Waals surface area contributed by atoms with E-state index in [2.05, 4.69) is 46.8 Å². The number of para-hydroxylation sites is 1. The minimum Gasteiger partial charge on any atom is -0.375 e. The quantitative estimate of drug-likeness (QED) is 0.640. The van der Waals surface area contributed by atoms with Crippen LogP contribution in [0.5, 0.6) is 0 Å². The highest BCUT2D eigenvalue weighted by molar-refractivity contribution is 5.99. The van der Waals surface area contributed by atoms with Crippen molar-refractivity contribution >= 4 is 11.6 Å². The Labute approximate surface area is 164 Å². The Morgan fingerprint density at radius 2 is 1.89 bits per heavy atom. The predicted octanol–water partition coefficient (Wildman–Crippen LogP) is 4.36. The van der Waals surface area contributed by atoms with E-state index in [0.29, 0.717) is 35.8 Å². The minimum atomic E-state index is -0.0536. The van der Waals surface area contributed by atoms with Gasteiger partial charge >= 0.3 is 0 Å². The second kappa shape index (κ2) is 7.84. The average Bonchev–Trinajstić information content (AvgIpc) is 3.40. The van der Waals surface area contributed by atoms with Crippen LogP contribution in [0.4, 0.5) is 5.69 Å². The van der Waals surface area contributed by atoms with Crippen LogP contribution in [0.25, 0.3) is 11.4 Å². The molecule has 0 unspecified atom stereocenters. The number of nitrogens with zero attached hydrogens (tertiary/aromatic N) is 2. The van der Waals surface area contributed by atoms with Gasteiger partial charge in [0, 0.05) is 17.3 Å². The fourth-order valence-electron chi connectivity index (χ4n) is 2.96. The van der Waals surface area contributed by atoms with Crippen LogP contribution in [0.3, 0.4) is 0 Å². The van der Waals surface area contributed by atoms with Crippen molar-refractivity contribution in [3.63, 3.8) is 0 Å². The molecule has 1 amide bonds. The van der Waals surface area contributed by atoms with Crippen molar-refractivity contribution in [2.24, 2.45) is 0 Å². The summed E-state index contributed by atoms with van der Waals surface area (Å²) in [6.07, 6.45) is 2.12. The molecule has 144 valence electrons. The predicted molar refractivity (Wildman–Crippen MR) is 108 cm³/mol. The summed E-state index contributed by atoms with van der Waals surface area (Å²) < 4.78 is 5.37. The highest BCUT2D eigenvalue weighted by Crippen LogP contribution is 2.23. The van der Waals surface area contributed by atoms with Crippen LogP contribution >= 0.6 is 0 Å². The molecule has 28 heavy (non-hydrogen) atoms. The van der Waals surface area contributed by atoms with E-state index in [1.165, 1.54) is 5.56 Å². The molecule has 3 aromatic rings. The molecule has 0 spiro atoms.